The van der Waals surface area contributed by atoms with Gasteiger partial charge in [0.05, 0.1) is 16.6 Å². The molecule has 32 heavy (non-hydrogen) atoms. The number of carbonyl (C=O) groups excluding carboxylic acids is 1. The molecule has 1 atom stereocenters. The van der Waals surface area contributed by atoms with Gasteiger partial charge in [0.15, 0.2) is 0 Å². The molecule has 0 aliphatic heterocycles. The molecule has 4 aromatic rings. The van der Waals surface area contributed by atoms with Gasteiger partial charge in [-0.3, -0.25) is 9.78 Å². The fourth-order valence-corrected chi connectivity index (χ4v) is 5.18. The molecule has 1 saturated carbocycles. The second-order valence-electron chi connectivity index (χ2n) is 9.00. The molecular weight excluding hydrogens is 403 g/mol. The van der Waals surface area contributed by atoms with E-state index in [0.29, 0.717) is 17.8 Å². The molecule has 1 aliphatic rings. The summed E-state index contributed by atoms with van der Waals surface area (Å²) in [7, 11) is 0. The van der Waals surface area contributed by atoms with Crippen LogP contribution in [-0.4, -0.2) is 20.9 Å². The third-order valence-electron chi connectivity index (χ3n) is 6.91. The predicted octanol–water partition coefficient (Wildman–Crippen LogP) is 6.29. The van der Waals surface area contributed by atoms with Crippen LogP contribution >= 0.6 is 0 Å². The molecule has 5 rings (SSSR count). The minimum Gasteiger partial charge on any atom is -0.342 e. The molecule has 0 spiro atoms. The molecule has 2 N–H and O–H groups in total. The lowest BCUT2D eigenvalue weighted by molar-refractivity contribution is -0.114. The quantitative estimate of drug-likeness (QED) is 0.400. The largest absolute Gasteiger partial charge is 0.342 e. The number of aromatic nitrogens is 3. The summed E-state index contributed by atoms with van der Waals surface area (Å²) in [6.07, 6.45) is 6.22. The maximum atomic E-state index is 13.9. The molecule has 164 valence electrons. The van der Waals surface area contributed by atoms with Crippen LogP contribution in [0.1, 0.15) is 62.8 Å². The fourth-order valence-electron chi connectivity index (χ4n) is 5.18. The summed E-state index contributed by atoms with van der Waals surface area (Å²) in [4.78, 5) is 24.0. The third kappa shape index (κ3) is 3.97. The smallest absolute Gasteiger partial charge is 0.221 e. The lowest BCUT2D eigenvalue weighted by Crippen LogP contribution is -2.19. The van der Waals surface area contributed by atoms with E-state index >= 15 is 0 Å². The number of rotatable bonds is 4. The Morgan fingerprint density at radius 2 is 1.88 bits per heavy atom. The molecule has 1 fully saturated rings. The second-order valence-corrected chi connectivity index (χ2v) is 9.00. The Hall–Kier alpha value is -3.28. The number of aromatic amines is 1. The van der Waals surface area contributed by atoms with Gasteiger partial charge in [0, 0.05) is 30.1 Å². The molecule has 0 radical (unpaired) electrons. The number of pyridine rings is 1. The van der Waals surface area contributed by atoms with Crippen molar-refractivity contribution >= 4 is 33.5 Å². The van der Waals surface area contributed by atoms with Crippen LogP contribution in [-0.2, 0) is 4.79 Å². The summed E-state index contributed by atoms with van der Waals surface area (Å²) in [5.74, 6) is 2.01. The monoisotopic (exact) mass is 430 g/mol. The molecule has 0 saturated heterocycles. The predicted molar refractivity (Wildman–Crippen MR) is 125 cm³/mol. The van der Waals surface area contributed by atoms with E-state index in [0.717, 1.165) is 59.1 Å². The molecule has 2 aromatic heterocycles. The highest BCUT2D eigenvalue weighted by Crippen LogP contribution is 2.43. The number of amides is 1. The SMILES string of the molecule is CC(=O)Nc1ccc2nc([C@H](C)C3CCC(c4ccnc5ccc(F)cc45)CC3)[nH]c2c1. The van der Waals surface area contributed by atoms with E-state index in [4.69, 9.17) is 4.98 Å². The van der Waals surface area contributed by atoms with Crippen molar-refractivity contribution in [3.05, 3.63) is 65.9 Å². The summed E-state index contributed by atoms with van der Waals surface area (Å²) in [5.41, 5.74) is 4.71. The number of fused-ring (bicyclic) bond motifs is 2. The van der Waals surface area contributed by atoms with E-state index < -0.39 is 0 Å². The van der Waals surface area contributed by atoms with Crippen LogP contribution in [0.5, 0.6) is 0 Å². The van der Waals surface area contributed by atoms with E-state index in [2.05, 4.69) is 28.3 Å². The number of nitrogens with zero attached hydrogens (tertiary/aromatic N) is 2. The van der Waals surface area contributed by atoms with Crippen LogP contribution in [0, 0.1) is 11.7 Å². The van der Waals surface area contributed by atoms with Crippen molar-refractivity contribution in [1.82, 2.24) is 15.0 Å². The highest BCUT2D eigenvalue weighted by Gasteiger charge is 2.29. The zero-order valence-corrected chi connectivity index (χ0v) is 18.4. The number of H-pyrrole nitrogens is 1. The number of benzene rings is 2. The van der Waals surface area contributed by atoms with Crippen LogP contribution in [0.25, 0.3) is 21.9 Å². The van der Waals surface area contributed by atoms with Gasteiger partial charge < -0.3 is 10.3 Å². The topological polar surface area (TPSA) is 70.7 Å². The minimum atomic E-state index is -0.208. The molecule has 5 nitrogen and oxygen atoms in total. The number of hydrogen-bond acceptors (Lipinski definition) is 3. The number of nitrogens with one attached hydrogen (secondary N) is 2. The van der Waals surface area contributed by atoms with Crippen LogP contribution in [0.2, 0.25) is 0 Å². The van der Waals surface area contributed by atoms with Crippen LogP contribution < -0.4 is 5.32 Å². The Morgan fingerprint density at radius 1 is 1.09 bits per heavy atom. The first-order chi connectivity index (χ1) is 15.5. The van der Waals surface area contributed by atoms with Crippen LogP contribution in [0.4, 0.5) is 10.1 Å². The van der Waals surface area contributed by atoms with Crippen molar-refractivity contribution in [3.8, 4) is 0 Å². The van der Waals surface area contributed by atoms with Crippen molar-refractivity contribution in [2.75, 3.05) is 5.32 Å². The molecule has 2 heterocycles. The summed E-state index contributed by atoms with van der Waals surface area (Å²) < 4.78 is 13.9. The van der Waals surface area contributed by atoms with Crippen LogP contribution in [0.15, 0.2) is 48.7 Å². The molecular formula is C26H27FN4O. The van der Waals surface area contributed by atoms with Crippen molar-refractivity contribution < 1.29 is 9.18 Å². The van der Waals surface area contributed by atoms with E-state index in [-0.39, 0.29) is 11.7 Å². The Morgan fingerprint density at radius 3 is 2.66 bits per heavy atom. The van der Waals surface area contributed by atoms with Crippen molar-refractivity contribution in [2.45, 2.75) is 51.4 Å². The molecule has 0 bridgehead atoms. The Kier molecular flexibility index (Phi) is 5.37. The average molecular weight is 431 g/mol. The summed E-state index contributed by atoms with van der Waals surface area (Å²) >= 11 is 0. The zero-order chi connectivity index (χ0) is 22.2. The lowest BCUT2D eigenvalue weighted by Gasteiger charge is -2.32. The van der Waals surface area contributed by atoms with Gasteiger partial charge in [0.1, 0.15) is 11.6 Å². The second kappa shape index (κ2) is 8.34. The maximum absolute atomic E-state index is 13.9. The van der Waals surface area contributed by atoms with Crippen molar-refractivity contribution in [2.24, 2.45) is 5.92 Å². The standard InChI is InChI=1S/C26H27FN4O/c1-15(26-30-24-10-8-20(29-16(2)32)14-25(24)31-26)17-3-5-18(6-4-17)21-11-12-28-23-9-7-19(27)13-22(21)23/h7-15,17-18H,3-6H2,1-2H3,(H,29,32)(H,30,31)/t15-,17?,18?/m1/s1. The van der Waals surface area contributed by atoms with Gasteiger partial charge >= 0.3 is 0 Å². The Labute approximate surface area is 186 Å². The van der Waals surface area contributed by atoms with Gasteiger partial charge in [0.2, 0.25) is 5.91 Å². The zero-order valence-electron chi connectivity index (χ0n) is 18.4. The van der Waals surface area contributed by atoms with E-state index in [9.17, 15) is 9.18 Å². The normalized spacial score (nSPS) is 19.8. The highest BCUT2D eigenvalue weighted by molar-refractivity contribution is 5.91. The number of anilines is 1. The third-order valence-corrected chi connectivity index (χ3v) is 6.91. The summed E-state index contributed by atoms with van der Waals surface area (Å²) in [6.45, 7) is 3.75. The number of carbonyl (C=O) groups is 1. The van der Waals surface area contributed by atoms with Gasteiger partial charge in [-0.15, -0.1) is 0 Å². The Balaban J connectivity index is 1.31. The molecule has 6 heteroatoms. The molecule has 1 amide bonds. The molecule has 2 aromatic carbocycles. The van der Waals surface area contributed by atoms with Gasteiger partial charge in [-0.25, -0.2) is 9.37 Å². The fraction of sp³-hybridized carbons (Fsp3) is 0.346. The summed E-state index contributed by atoms with van der Waals surface area (Å²) in [6, 6.07) is 12.7. The van der Waals surface area contributed by atoms with Gasteiger partial charge in [-0.1, -0.05) is 6.92 Å². The average Bonchev–Trinajstić information content (AvgIpc) is 3.21. The van der Waals surface area contributed by atoms with E-state index in [1.165, 1.54) is 18.6 Å². The van der Waals surface area contributed by atoms with E-state index in [1.807, 2.05) is 24.4 Å². The van der Waals surface area contributed by atoms with E-state index in [1.54, 1.807) is 12.1 Å². The Bertz CT molecular complexity index is 1290. The first-order valence-electron chi connectivity index (χ1n) is 11.3. The minimum absolute atomic E-state index is 0.0843. The number of imidazole rings is 1. The first-order valence-corrected chi connectivity index (χ1v) is 11.3. The molecule has 0 unspecified atom stereocenters. The highest BCUT2D eigenvalue weighted by atomic mass is 19.1. The van der Waals surface area contributed by atoms with Gasteiger partial charge in [0.25, 0.3) is 0 Å². The van der Waals surface area contributed by atoms with Gasteiger partial charge in [-0.05, 0) is 85.5 Å². The van der Waals surface area contributed by atoms with Crippen molar-refractivity contribution in [3.63, 3.8) is 0 Å². The lowest BCUT2D eigenvalue weighted by atomic mass is 9.73. The first kappa shape index (κ1) is 20.6. The molecule has 1 aliphatic carbocycles. The summed E-state index contributed by atoms with van der Waals surface area (Å²) in [5, 5.41) is 3.76. The van der Waals surface area contributed by atoms with Gasteiger partial charge in [-0.2, -0.15) is 0 Å². The number of halogens is 1. The van der Waals surface area contributed by atoms with Crippen LogP contribution in [0.3, 0.4) is 0 Å². The maximum Gasteiger partial charge on any atom is 0.221 e. The number of hydrogen-bond donors (Lipinski definition) is 2. The van der Waals surface area contributed by atoms with Crippen molar-refractivity contribution in [1.29, 1.82) is 0 Å².